The van der Waals surface area contributed by atoms with Gasteiger partial charge in [0.1, 0.15) is 12.4 Å². The predicted molar refractivity (Wildman–Crippen MR) is 56.3 cm³/mol. The molecule has 84 valence electrons. The number of hydrogen-bond acceptors (Lipinski definition) is 3. The lowest BCUT2D eigenvalue weighted by Crippen LogP contribution is -2.14. The Bertz CT molecular complexity index is 522. The lowest BCUT2D eigenvalue weighted by atomic mass is 10.2. The Morgan fingerprint density at radius 3 is 3.12 bits per heavy atom. The van der Waals surface area contributed by atoms with Crippen molar-refractivity contribution >= 4 is 16.9 Å². The van der Waals surface area contributed by atoms with Crippen molar-refractivity contribution < 1.29 is 13.9 Å². The first kappa shape index (κ1) is 10.6. The highest BCUT2D eigenvalue weighted by atomic mass is 19.1. The highest BCUT2D eigenvalue weighted by Gasteiger charge is 2.08. The Morgan fingerprint density at radius 2 is 2.38 bits per heavy atom. The van der Waals surface area contributed by atoms with Gasteiger partial charge in [0.15, 0.2) is 0 Å². The Kier molecular flexibility index (Phi) is 2.85. The van der Waals surface area contributed by atoms with E-state index in [1.807, 2.05) is 0 Å². The van der Waals surface area contributed by atoms with Crippen LogP contribution in [-0.2, 0) is 16.1 Å². The number of aromatic nitrogens is 2. The monoisotopic (exact) mass is 222 g/mol. The fourth-order valence-electron chi connectivity index (χ4n) is 1.51. The fraction of sp³-hybridized carbons (Fsp3) is 0.273. The molecule has 1 heterocycles. The zero-order valence-corrected chi connectivity index (χ0v) is 8.81. The molecule has 0 spiro atoms. The topological polar surface area (TPSA) is 44.1 Å². The van der Waals surface area contributed by atoms with Gasteiger partial charge in [0.05, 0.1) is 18.3 Å². The minimum atomic E-state index is -0.350. The number of ether oxygens (including phenoxy) is 1. The van der Waals surface area contributed by atoms with Gasteiger partial charge in [-0.1, -0.05) is 0 Å². The van der Waals surface area contributed by atoms with Gasteiger partial charge in [-0.05, 0) is 25.1 Å². The summed E-state index contributed by atoms with van der Waals surface area (Å²) in [5.74, 6) is -0.667. The van der Waals surface area contributed by atoms with Gasteiger partial charge in [-0.2, -0.15) is 5.10 Å². The van der Waals surface area contributed by atoms with Crippen molar-refractivity contribution in [2.45, 2.75) is 13.5 Å². The molecule has 0 saturated carbocycles. The average molecular weight is 222 g/mol. The number of halogens is 1. The van der Waals surface area contributed by atoms with Crippen LogP contribution < -0.4 is 0 Å². The quantitative estimate of drug-likeness (QED) is 0.743. The summed E-state index contributed by atoms with van der Waals surface area (Å²) in [5.41, 5.74) is 0.717. The number of carbonyl (C=O) groups excluding carboxylic acids is 1. The van der Waals surface area contributed by atoms with Crippen LogP contribution in [0.4, 0.5) is 4.39 Å². The van der Waals surface area contributed by atoms with Gasteiger partial charge in [0.25, 0.3) is 0 Å². The maximum atomic E-state index is 12.9. The number of benzene rings is 1. The Balaban J connectivity index is 2.28. The second kappa shape index (κ2) is 4.30. The van der Waals surface area contributed by atoms with Crippen molar-refractivity contribution in [2.24, 2.45) is 0 Å². The van der Waals surface area contributed by atoms with Gasteiger partial charge in [-0.3, -0.25) is 9.48 Å². The standard InChI is InChI=1S/C11H11FN2O2/c1-2-16-11(15)7-14-10-4-3-9(12)5-8(10)6-13-14/h3-6H,2,7H2,1H3. The summed E-state index contributed by atoms with van der Waals surface area (Å²) in [6.45, 7) is 2.13. The third-order valence-electron chi connectivity index (χ3n) is 2.19. The summed E-state index contributed by atoms with van der Waals surface area (Å²) in [6.07, 6.45) is 1.53. The van der Waals surface area contributed by atoms with Crippen LogP contribution in [0.25, 0.3) is 10.9 Å². The second-order valence-electron chi connectivity index (χ2n) is 3.31. The van der Waals surface area contributed by atoms with Gasteiger partial charge in [-0.25, -0.2) is 4.39 Å². The van der Waals surface area contributed by atoms with Crippen molar-refractivity contribution in [2.75, 3.05) is 6.61 Å². The van der Waals surface area contributed by atoms with Crippen LogP contribution in [0, 0.1) is 5.82 Å². The summed E-state index contributed by atoms with van der Waals surface area (Å²) >= 11 is 0. The Labute approximate surface area is 91.6 Å². The molecular formula is C11H11FN2O2. The normalized spacial score (nSPS) is 10.6. The Hall–Kier alpha value is -1.91. The number of nitrogens with zero attached hydrogens (tertiary/aromatic N) is 2. The van der Waals surface area contributed by atoms with Gasteiger partial charge in [0, 0.05) is 5.39 Å². The van der Waals surface area contributed by atoms with Crippen molar-refractivity contribution in [3.8, 4) is 0 Å². The molecule has 0 bridgehead atoms. The van der Waals surface area contributed by atoms with Gasteiger partial charge < -0.3 is 4.74 Å². The molecule has 0 unspecified atom stereocenters. The fourth-order valence-corrected chi connectivity index (χ4v) is 1.51. The van der Waals surface area contributed by atoms with E-state index < -0.39 is 0 Å². The first-order chi connectivity index (χ1) is 7.70. The molecule has 2 aromatic rings. The molecule has 0 aliphatic rings. The van der Waals surface area contributed by atoms with E-state index >= 15 is 0 Å². The molecule has 16 heavy (non-hydrogen) atoms. The van der Waals surface area contributed by atoms with E-state index in [4.69, 9.17) is 4.74 Å². The summed E-state index contributed by atoms with van der Waals surface area (Å²) in [7, 11) is 0. The van der Waals surface area contributed by atoms with Crippen LogP contribution in [0.3, 0.4) is 0 Å². The zero-order chi connectivity index (χ0) is 11.5. The van der Waals surface area contributed by atoms with Crippen LogP contribution >= 0.6 is 0 Å². The number of esters is 1. The van der Waals surface area contributed by atoms with Crippen LogP contribution in [0.1, 0.15) is 6.92 Å². The van der Waals surface area contributed by atoms with E-state index in [2.05, 4.69) is 5.10 Å². The molecule has 4 nitrogen and oxygen atoms in total. The summed E-state index contributed by atoms with van der Waals surface area (Å²) in [4.78, 5) is 11.3. The molecule has 0 radical (unpaired) electrons. The molecule has 0 fully saturated rings. The van der Waals surface area contributed by atoms with Gasteiger partial charge in [-0.15, -0.1) is 0 Å². The second-order valence-corrected chi connectivity index (χ2v) is 3.31. The van der Waals surface area contributed by atoms with E-state index in [0.717, 1.165) is 5.52 Å². The van der Waals surface area contributed by atoms with Crippen molar-refractivity contribution in [1.82, 2.24) is 9.78 Å². The minimum absolute atomic E-state index is 0.0446. The lowest BCUT2D eigenvalue weighted by Gasteiger charge is -2.03. The van der Waals surface area contributed by atoms with Crippen LogP contribution in [0.5, 0.6) is 0 Å². The van der Waals surface area contributed by atoms with Crippen molar-refractivity contribution in [1.29, 1.82) is 0 Å². The largest absolute Gasteiger partial charge is 0.465 e. The zero-order valence-electron chi connectivity index (χ0n) is 8.81. The summed E-state index contributed by atoms with van der Waals surface area (Å²) < 4.78 is 19.2. The van der Waals surface area contributed by atoms with E-state index in [1.165, 1.54) is 23.0 Å². The molecular weight excluding hydrogens is 211 g/mol. The number of rotatable bonds is 3. The maximum Gasteiger partial charge on any atom is 0.327 e. The number of hydrogen-bond donors (Lipinski definition) is 0. The first-order valence-corrected chi connectivity index (χ1v) is 4.97. The molecule has 0 atom stereocenters. The molecule has 1 aromatic heterocycles. The lowest BCUT2D eigenvalue weighted by molar-refractivity contribution is -0.143. The highest BCUT2D eigenvalue weighted by molar-refractivity contribution is 5.80. The summed E-state index contributed by atoms with van der Waals surface area (Å²) in [6, 6.07) is 4.31. The molecule has 5 heteroatoms. The summed E-state index contributed by atoms with van der Waals surface area (Å²) in [5, 5.41) is 4.68. The van der Waals surface area contributed by atoms with E-state index in [0.29, 0.717) is 12.0 Å². The molecule has 0 aliphatic carbocycles. The molecule has 0 saturated heterocycles. The minimum Gasteiger partial charge on any atom is -0.465 e. The smallest absolute Gasteiger partial charge is 0.327 e. The van der Waals surface area contributed by atoms with Crippen LogP contribution in [-0.4, -0.2) is 22.4 Å². The maximum absolute atomic E-state index is 12.9. The average Bonchev–Trinajstić information content (AvgIpc) is 2.61. The number of carbonyl (C=O) groups is 1. The van der Waals surface area contributed by atoms with Crippen LogP contribution in [0.15, 0.2) is 24.4 Å². The first-order valence-electron chi connectivity index (χ1n) is 4.97. The Morgan fingerprint density at radius 1 is 1.56 bits per heavy atom. The third kappa shape index (κ3) is 2.03. The molecule has 0 aliphatic heterocycles. The van der Waals surface area contributed by atoms with Crippen molar-refractivity contribution in [3.05, 3.63) is 30.2 Å². The van der Waals surface area contributed by atoms with E-state index in [-0.39, 0.29) is 18.3 Å². The molecule has 1 aromatic carbocycles. The molecule has 0 N–H and O–H groups in total. The molecule has 0 amide bonds. The van der Waals surface area contributed by atoms with Crippen LogP contribution in [0.2, 0.25) is 0 Å². The third-order valence-corrected chi connectivity index (χ3v) is 2.19. The van der Waals surface area contributed by atoms with E-state index in [1.54, 1.807) is 13.0 Å². The van der Waals surface area contributed by atoms with Crippen molar-refractivity contribution in [3.63, 3.8) is 0 Å². The van der Waals surface area contributed by atoms with Gasteiger partial charge in [0.2, 0.25) is 0 Å². The SMILES string of the molecule is CCOC(=O)Cn1ncc2cc(F)ccc21. The number of fused-ring (bicyclic) bond motifs is 1. The van der Waals surface area contributed by atoms with E-state index in [9.17, 15) is 9.18 Å². The van der Waals surface area contributed by atoms with Gasteiger partial charge >= 0.3 is 5.97 Å². The highest BCUT2D eigenvalue weighted by Crippen LogP contribution is 2.14. The predicted octanol–water partition coefficient (Wildman–Crippen LogP) is 1.74. The molecule has 2 rings (SSSR count).